The first-order chi connectivity index (χ1) is 11.0. The molecule has 1 aliphatic heterocycles. The molecule has 7 heteroatoms. The number of hydrogen-bond acceptors (Lipinski definition) is 5. The van der Waals surface area contributed by atoms with E-state index in [-0.39, 0.29) is 24.5 Å². The van der Waals surface area contributed by atoms with E-state index in [1.807, 2.05) is 20.2 Å². The number of rotatable bonds is 5. The monoisotopic (exact) mass is 319 g/mol. The molecule has 1 unspecified atom stereocenters. The molecule has 0 bridgehead atoms. The minimum atomic E-state index is -0.855. The highest BCUT2D eigenvalue weighted by molar-refractivity contribution is 5.79. The molecule has 0 radical (unpaired) electrons. The summed E-state index contributed by atoms with van der Waals surface area (Å²) in [6.07, 6.45) is 3.09. The molecule has 0 spiro atoms. The third kappa shape index (κ3) is 3.46. The van der Waals surface area contributed by atoms with Crippen molar-refractivity contribution in [3.63, 3.8) is 0 Å². The number of ether oxygens (including phenoxy) is 1. The molecule has 3 atom stereocenters. The Balaban J connectivity index is 1.59. The van der Waals surface area contributed by atoms with Crippen LogP contribution in [0.25, 0.3) is 0 Å². The number of aryl methyl sites for hydroxylation is 2. The van der Waals surface area contributed by atoms with E-state index in [0.29, 0.717) is 18.8 Å². The minimum absolute atomic E-state index is 0.113. The second kappa shape index (κ2) is 6.55. The number of nitrogens with one attached hydrogen (secondary N) is 1. The first kappa shape index (κ1) is 15.8. The lowest BCUT2D eigenvalue weighted by Gasteiger charge is -2.18. The second-order valence-electron chi connectivity index (χ2n) is 5.84. The topological polar surface area (TPSA) is 89.5 Å². The Kier molecular flexibility index (Phi) is 4.49. The molecule has 0 saturated carbocycles. The molecule has 1 amide bonds. The number of carbonyl (C=O) groups excluding carboxylic acids is 1. The molecular weight excluding hydrogens is 298 g/mol. The third-order valence-electron chi connectivity index (χ3n) is 4.04. The van der Waals surface area contributed by atoms with Crippen molar-refractivity contribution < 1.29 is 19.1 Å². The van der Waals surface area contributed by atoms with E-state index >= 15 is 0 Å². The maximum absolute atomic E-state index is 12.4. The van der Waals surface area contributed by atoms with E-state index in [1.54, 1.807) is 23.0 Å². The number of hydrogen-bond donors (Lipinski definition) is 2. The van der Waals surface area contributed by atoms with Gasteiger partial charge in [-0.15, -0.1) is 0 Å². The van der Waals surface area contributed by atoms with Gasteiger partial charge >= 0.3 is 0 Å². The van der Waals surface area contributed by atoms with Crippen molar-refractivity contribution in [3.05, 3.63) is 41.6 Å². The third-order valence-corrected chi connectivity index (χ3v) is 4.04. The average Bonchev–Trinajstić information content (AvgIpc) is 3.24. The SMILES string of the molecule is Cc1ccc(C(O)CNC(=O)[C@H]2CCO[C@@H]2c2cnn(C)c2)o1. The van der Waals surface area contributed by atoms with Crippen LogP contribution in [0.5, 0.6) is 0 Å². The van der Waals surface area contributed by atoms with Gasteiger partial charge in [-0.3, -0.25) is 9.48 Å². The summed E-state index contributed by atoms with van der Waals surface area (Å²) in [5, 5.41) is 17.0. The summed E-state index contributed by atoms with van der Waals surface area (Å²) in [5.74, 6) is 0.781. The smallest absolute Gasteiger partial charge is 0.226 e. The van der Waals surface area contributed by atoms with Crippen LogP contribution in [0.3, 0.4) is 0 Å². The van der Waals surface area contributed by atoms with Crippen LogP contribution < -0.4 is 5.32 Å². The molecule has 124 valence electrons. The molecule has 3 heterocycles. The summed E-state index contributed by atoms with van der Waals surface area (Å²) < 4.78 is 12.7. The maximum atomic E-state index is 12.4. The Morgan fingerprint density at radius 3 is 3.04 bits per heavy atom. The molecule has 1 aliphatic rings. The van der Waals surface area contributed by atoms with E-state index in [9.17, 15) is 9.90 Å². The van der Waals surface area contributed by atoms with Crippen LogP contribution in [0.1, 0.15) is 35.7 Å². The standard InChI is InChI=1S/C16H21N3O4/c1-10-3-4-14(23-10)13(20)8-17-16(21)12-5-6-22-15(12)11-7-18-19(2)9-11/h3-4,7,9,12-13,15,20H,5-6,8H2,1-2H3,(H,17,21)/t12-,13?,15+/m0/s1. The van der Waals surface area contributed by atoms with Crippen molar-refractivity contribution in [2.24, 2.45) is 13.0 Å². The second-order valence-corrected chi connectivity index (χ2v) is 5.84. The van der Waals surface area contributed by atoms with Crippen LogP contribution in [0.15, 0.2) is 28.9 Å². The molecule has 1 saturated heterocycles. The van der Waals surface area contributed by atoms with Crippen molar-refractivity contribution in [3.8, 4) is 0 Å². The van der Waals surface area contributed by atoms with Gasteiger partial charge in [-0.25, -0.2) is 0 Å². The Bertz CT molecular complexity index is 678. The number of carbonyl (C=O) groups is 1. The molecule has 2 N–H and O–H groups in total. The zero-order chi connectivity index (χ0) is 16.4. The summed E-state index contributed by atoms with van der Waals surface area (Å²) in [7, 11) is 1.83. The van der Waals surface area contributed by atoms with Gasteiger partial charge < -0.3 is 19.6 Å². The first-order valence-electron chi connectivity index (χ1n) is 7.67. The zero-order valence-electron chi connectivity index (χ0n) is 13.2. The largest absolute Gasteiger partial charge is 0.464 e. The lowest BCUT2D eigenvalue weighted by molar-refractivity contribution is -0.127. The Hall–Kier alpha value is -2.12. The van der Waals surface area contributed by atoms with E-state index < -0.39 is 6.10 Å². The van der Waals surface area contributed by atoms with Gasteiger partial charge in [0, 0.05) is 25.4 Å². The van der Waals surface area contributed by atoms with Crippen LogP contribution >= 0.6 is 0 Å². The van der Waals surface area contributed by atoms with Gasteiger partial charge in [0.1, 0.15) is 17.6 Å². The first-order valence-corrected chi connectivity index (χ1v) is 7.67. The van der Waals surface area contributed by atoms with Crippen LogP contribution in [-0.2, 0) is 16.6 Å². The normalized spacial score (nSPS) is 22.2. The Labute approximate surface area is 134 Å². The number of aromatic nitrogens is 2. The fourth-order valence-corrected chi connectivity index (χ4v) is 2.84. The summed E-state index contributed by atoms with van der Waals surface area (Å²) in [4.78, 5) is 12.4. The van der Waals surface area contributed by atoms with Crippen LogP contribution in [0.2, 0.25) is 0 Å². The summed E-state index contributed by atoms with van der Waals surface area (Å²) >= 11 is 0. The number of aliphatic hydroxyl groups excluding tert-OH is 1. The molecule has 23 heavy (non-hydrogen) atoms. The Morgan fingerprint density at radius 1 is 1.57 bits per heavy atom. The van der Waals surface area contributed by atoms with Gasteiger partial charge in [0.05, 0.1) is 24.8 Å². The molecule has 0 aliphatic carbocycles. The highest BCUT2D eigenvalue weighted by atomic mass is 16.5. The van der Waals surface area contributed by atoms with Crippen molar-refractivity contribution in [2.45, 2.75) is 25.6 Å². The summed E-state index contributed by atoms with van der Waals surface area (Å²) in [5.41, 5.74) is 0.896. The van der Waals surface area contributed by atoms with Gasteiger partial charge in [-0.1, -0.05) is 0 Å². The Morgan fingerprint density at radius 2 is 2.39 bits per heavy atom. The fraction of sp³-hybridized carbons (Fsp3) is 0.500. The van der Waals surface area contributed by atoms with E-state index in [2.05, 4.69) is 10.4 Å². The molecular formula is C16H21N3O4. The van der Waals surface area contributed by atoms with E-state index in [1.165, 1.54) is 0 Å². The highest BCUT2D eigenvalue weighted by Crippen LogP contribution is 2.34. The van der Waals surface area contributed by atoms with Gasteiger partial charge in [-0.05, 0) is 25.5 Å². The average molecular weight is 319 g/mol. The van der Waals surface area contributed by atoms with Gasteiger partial charge in [0.15, 0.2) is 0 Å². The number of aliphatic hydroxyl groups is 1. The molecule has 1 fully saturated rings. The van der Waals surface area contributed by atoms with Crippen molar-refractivity contribution in [1.82, 2.24) is 15.1 Å². The van der Waals surface area contributed by atoms with Gasteiger partial charge in [-0.2, -0.15) is 5.10 Å². The molecule has 2 aromatic rings. The van der Waals surface area contributed by atoms with Gasteiger partial charge in [0.2, 0.25) is 5.91 Å². The van der Waals surface area contributed by atoms with Crippen molar-refractivity contribution >= 4 is 5.91 Å². The lowest BCUT2D eigenvalue weighted by atomic mass is 9.96. The van der Waals surface area contributed by atoms with Crippen LogP contribution in [0.4, 0.5) is 0 Å². The summed E-state index contributed by atoms with van der Waals surface area (Å²) in [6, 6.07) is 3.49. The quantitative estimate of drug-likeness (QED) is 0.866. The molecule has 7 nitrogen and oxygen atoms in total. The van der Waals surface area contributed by atoms with Gasteiger partial charge in [0.25, 0.3) is 0 Å². The van der Waals surface area contributed by atoms with Crippen molar-refractivity contribution in [2.75, 3.05) is 13.2 Å². The van der Waals surface area contributed by atoms with Crippen LogP contribution in [0, 0.1) is 12.8 Å². The lowest BCUT2D eigenvalue weighted by Crippen LogP contribution is -2.35. The van der Waals surface area contributed by atoms with E-state index in [0.717, 1.165) is 11.3 Å². The fourth-order valence-electron chi connectivity index (χ4n) is 2.84. The number of furan rings is 1. The maximum Gasteiger partial charge on any atom is 0.226 e. The molecule has 0 aromatic carbocycles. The molecule has 2 aromatic heterocycles. The predicted molar refractivity (Wildman–Crippen MR) is 81.4 cm³/mol. The number of nitrogens with zero attached hydrogens (tertiary/aromatic N) is 2. The van der Waals surface area contributed by atoms with Crippen molar-refractivity contribution in [1.29, 1.82) is 0 Å². The van der Waals surface area contributed by atoms with E-state index in [4.69, 9.17) is 9.15 Å². The highest BCUT2D eigenvalue weighted by Gasteiger charge is 2.36. The predicted octanol–water partition coefficient (Wildman–Crippen LogP) is 1.25. The molecule has 3 rings (SSSR count). The summed E-state index contributed by atoms with van der Waals surface area (Å²) in [6.45, 7) is 2.46. The number of amides is 1. The van der Waals surface area contributed by atoms with Crippen LogP contribution in [-0.4, -0.2) is 33.9 Å². The minimum Gasteiger partial charge on any atom is -0.464 e. The zero-order valence-corrected chi connectivity index (χ0v) is 13.2.